The van der Waals surface area contributed by atoms with Gasteiger partial charge in [-0.3, -0.25) is 0 Å². The molecule has 14 heavy (non-hydrogen) atoms. The third kappa shape index (κ3) is 1.91. The van der Waals surface area contributed by atoms with E-state index >= 15 is 0 Å². The zero-order valence-corrected chi connectivity index (χ0v) is 8.41. The number of rotatable bonds is 2. The lowest BCUT2D eigenvalue weighted by molar-refractivity contribution is -0.0584. The van der Waals surface area contributed by atoms with Gasteiger partial charge in [0.1, 0.15) is 0 Å². The number of hydrogen-bond donors (Lipinski definition) is 1. The molecule has 1 aliphatic rings. The van der Waals surface area contributed by atoms with Crippen LogP contribution in [0.4, 0.5) is 0 Å². The minimum absolute atomic E-state index is 0.0173. The first-order chi connectivity index (χ1) is 6.81. The molecule has 0 spiro atoms. The Bertz CT molecular complexity index is 319. The van der Waals surface area contributed by atoms with Crippen molar-refractivity contribution in [1.82, 2.24) is 0 Å². The standard InChI is InChI=1S/C10H12ClNO2/c11-9-4-2-1-3-8(9)10-13-6-7(5-12)14-10/h1-4,7,10H,5-6,12H2. The normalized spacial score (nSPS) is 26.7. The Labute approximate surface area is 87.8 Å². The van der Waals surface area contributed by atoms with E-state index in [1.54, 1.807) is 0 Å². The van der Waals surface area contributed by atoms with Crippen molar-refractivity contribution in [3.05, 3.63) is 34.9 Å². The molecule has 1 aliphatic heterocycles. The van der Waals surface area contributed by atoms with Crippen LogP contribution in [0.2, 0.25) is 5.02 Å². The van der Waals surface area contributed by atoms with Crippen molar-refractivity contribution in [1.29, 1.82) is 0 Å². The van der Waals surface area contributed by atoms with Crippen LogP contribution < -0.4 is 5.73 Å². The quantitative estimate of drug-likeness (QED) is 0.814. The highest BCUT2D eigenvalue weighted by molar-refractivity contribution is 6.31. The molecule has 0 saturated carbocycles. The summed E-state index contributed by atoms with van der Waals surface area (Å²) in [7, 11) is 0. The highest BCUT2D eigenvalue weighted by Crippen LogP contribution is 2.31. The molecular weight excluding hydrogens is 202 g/mol. The van der Waals surface area contributed by atoms with Gasteiger partial charge in [0.25, 0.3) is 0 Å². The first kappa shape index (κ1) is 9.93. The number of nitrogens with two attached hydrogens (primary N) is 1. The fourth-order valence-electron chi connectivity index (χ4n) is 1.40. The summed E-state index contributed by atoms with van der Waals surface area (Å²) in [5.41, 5.74) is 6.34. The van der Waals surface area contributed by atoms with E-state index in [1.165, 1.54) is 0 Å². The molecule has 1 saturated heterocycles. The first-order valence-corrected chi connectivity index (χ1v) is 4.90. The zero-order chi connectivity index (χ0) is 9.97. The SMILES string of the molecule is NCC1COC(c2ccccc2Cl)O1. The second-order valence-electron chi connectivity index (χ2n) is 3.18. The summed E-state index contributed by atoms with van der Waals surface area (Å²) >= 11 is 6.00. The predicted molar refractivity (Wildman–Crippen MR) is 54.1 cm³/mol. The molecule has 2 rings (SSSR count). The zero-order valence-electron chi connectivity index (χ0n) is 7.65. The van der Waals surface area contributed by atoms with Crippen molar-refractivity contribution in [3.8, 4) is 0 Å². The largest absolute Gasteiger partial charge is 0.346 e. The van der Waals surface area contributed by atoms with Gasteiger partial charge in [0.05, 0.1) is 12.7 Å². The Balaban J connectivity index is 2.13. The predicted octanol–water partition coefficient (Wildman–Crippen LogP) is 1.71. The molecule has 1 heterocycles. The van der Waals surface area contributed by atoms with Crippen LogP contribution in [-0.4, -0.2) is 19.3 Å². The van der Waals surface area contributed by atoms with Gasteiger partial charge < -0.3 is 15.2 Å². The molecule has 0 radical (unpaired) electrons. The maximum Gasteiger partial charge on any atom is 0.185 e. The smallest absolute Gasteiger partial charge is 0.185 e. The molecule has 1 fully saturated rings. The highest BCUT2D eigenvalue weighted by Gasteiger charge is 2.27. The molecule has 3 nitrogen and oxygen atoms in total. The summed E-state index contributed by atoms with van der Waals surface area (Å²) in [6, 6.07) is 7.50. The van der Waals surface area contributed by atoms with Crippen molar-refractivity contribution in [2.24, 2.45) is 5.73 Å². The second-order valence-corrected chi connectivity index (χ2v) is 3.59. The molecule has 76 valence electrons. The Kier molecular flexibility index (Phi) is 3.03. The molecule has 2 unspecified atom stereocenters. The van der Waals surface area contributed by atoms with Gasteiger partial charge in [0.15, 0.2) is 6.29 Å². The van der Waals surface area contributed by atoms with Gasteiger partial charge in [-0.2, -0.15) is 0 Å². The Morgan fingerprint density at radius 3 is 2.86 bits per heavy atom. The third-order valence-corrected chi connectivity index (χ3v) is 2.52. The Hall–Kier alpha value is -0.610. The summed E-state index contributed by atoms with van der Waals surface area (Å²) in [6.45, 7) is 1.01. The van der Waals surface area contributed by atoms with Crippen molar-refractivity contribution >= 4 is 11.6 Å². The number of halogens is 1. The lowest BCUT2D eigenvalue weighted by atomic mass is 10.2. The second kappa shape index (κ2) is 4.28. The van der Waals surface area contributed by atoms with Gasteiger partial charge in [-0.1, -0.05) is 29.8 Å². The highest BCUT2D eigenvalue weighted by atomic mass is 35.5. The van der Waals surface area contributed by atoms with E-state index in [0.29, 0.717) is 18.2 Å². The van der Waals surface area contributed by atoms with Gasteiger partial charge in [-0.25, -0.2) is 0 Å². The third-order valence-electron chi connectivity index (χ3n) is 2.17. The maximum atomic E-state index is 6.00. The molecular formula is C10H12ClNO2. The summed E-state index contributed by atoms with van der Waals surface area (Å²) < 4.78 is 11.0. The minimum Gasteiger partial charge on any atom is -0.346 e. The van der Waals surface area contributed by atoms with Crippen LogP contribution in [0.1, 0.15) is 11.9 Å². The summed E-state index contributed by atoms with van der Waals surface area (Å²) in [5.74, 6) is 0. The summed E-state index contributed by atoms with van der Waals surface area (Å²) in [4.78, 5) is 0. The lowest BCUT2D eigenvalue weighted by Gasteiger charge is -2.11. The maximum absolute atomic E-state index is 6.00. The van der Waals surface area contributed by atoms with Crippen LogP contribution in [0.5, 0.6) is 0 Å². The van der Waals surface area contributed by atoms with Crippen LogP contribution in [-0.2, 0) is 9.47 Å². The van der Waals surface area contributed by atoms with Crippen molar-refractivity contribution < 1.29 is 9.47 Å². The van der Waals surface area contributed by atoms with Gasteiger partial charge in [-0.05, 0) is 6.07 Å². The molecule has 1 aromatic rings. The van der Waals surface area contributed by atoms with Crippen molar-refractivity contribution in [2.45, 2.75) is 12.4 Å². The van der Waals surface area contributed by atoms with E-state index in [4.69, 9.17) is 26.8 Å². The Morgan fingerprint density at radius 2 is 2.21 bits per heavy atom. The Morgan fingerprint density at radius 1 is 1.43 bits per heavy atom. The van der Waals surface area contributed by atoms with Gasteiger partial charge in [-0.15, -0.1) is 0 Å². The lowest BCUT2D eigenvalue weighted by Crippen LogP contribution is -2.21. The molecule has 0 amide bonds. The first-order valence-electron chi connectivity index (χ1n) is 4.53. The average Bonchev–Trinajstić information content (AvgIpc) is 2.67. The molecule has 1 aromatic carbocycles. The number of hydrogen-bond acceptors (Lipinski definition) is 3. The van der Waals surface area contributed by atoms with E-state index in [2.05, 4.69) is 0 Å². The van der Waals surface area contributed by atoms with E-state index in [0.717, 1.165) is 5.56 Å². The topological polar surface area (TPSA) is 44.5 Å². The molecule has 4 heteroatoms. The van der Waals surface area contributed by atoms with Crippen LogP contribution in [0.25, 0.3) is 0 Å². The fraction of sp³-hybridized carbons (Fsp3) is 0.400. The van der Waals surface area contributed by atoms with E-state index in [9.17, 15) is 0 Å². The molecule has 2 atom stereocenters. The molecule has 2 N–H and O–H groups in total. The van der Waals surface area contributed by atoms with Gasteiger partial charge in [0.2, 0.25) is 0 Å². The average molecular weight is 214 g/mol. The van der Waals surface area contributed by atoms with Crippen LogP contribution in [0.3, 0.4) is 0 Å². The van der Waals surface area contributed by atoms with E-state index in [1.807, 2.05) is 24.3 Å². The fourth-order valence-corrected chi connectivity index (χ4v) is 1.63. The van der Waals surface area contributed by atoms with Gasteiger partial charge >= 0.3 is 0 Å². The number of benzene rings is 1. The van der Waals surface area contributed by atoms with Crippen molar-refractivity contribution in [3.63, 3.8) is 0 Å². The number of ether oxygens (including phenoxy) is 2. The van der Waals surface area contributed by atoms with Crippen molar-refractivity contribution in [2.75, 3.05) is 13.2 Å². The van der Waals surface area contributed by atoms with Crippen LogP contribution in [0, 0.1) is 0 Å². The molecule has 0 aromatic heterocycles. The van der Waals surface area contributed by atoms with Crippen LogP contribution in [0.15, 0.2) is 24.3 Å². The minimum atomic E-state index is -0.364. The van der Waals surface area contributed by atoms with E-state index in [-0.39, 0.29) is 12.4 Å². The van der Waals surface area contributed by atoms with E-state index < -0.39 is 0 Å². The molecule has 0 aliphatic carbocycles. The van der Waals surface area contributed by atoms with Crippen LogP contribution >= 0.6 is 11.6 Å². The summed E-state index contributed by atoms with van der Waals surface area (Å²) in [6.07, 6.45) is -0.381. The monoisotopic (exact) mass is 213 g/mol. The van der Waals surface area contributed by atoms with Gasteiger partial charge in [0, 0.05) is 17.1 Å². The summed E-state index contributed by atoms with van der Waals surface area (Å²) in [5, 5.41) is 0.662. The molecule has 0 bridgehead atoms.